The molecule has 1 aromatic rings. The monoisotopic (exact) mass is 220 g/mol. The molecule has 2 N–H and O–H groups in total. The zero-order chi connectivity index (χ0) is 11.0. The molecule has 0 saturated carbocycles. The van der Waals surface area contributed by atoms with E-state index in [0.717, 1.165) is 30.3 Å². The number of benzene rings is 1. The Morgan fingerprint density at radius 3 is 2.88 bits per heavy atom. The van der Waals surface area contributed by atoms with Crippen LogP contribution in [-0.2, 0) is 0 Å². The average molecular weight is 220 g/mol. The third-order valence-corrected chi connectivity index (χ3v) is 3.14. The lowest BCUT2D eigenvalue weighted by molar-refractivity contribution is 0.174. The van der Waals surface area contributed by atoms with Gasteiger partial charge in [0.05, 0.1) is 0 Å². The minimum absolute atomic E-state index is 0.337. The van der Waals surface area contributed by atoms with Gasteiger partial charge >= 0.3 is 0 Å². The van der Waals surface area contributed by atoms with Crippen LogP contribution in [0.3, 0.4) is 0 Å². The van der Waals surface area contributed by atoms with E-state index in [4.69, 9.17) is 9.47 Å². The first kappa shape index (κ1) is 9.78. The van der Waals surface area contributed by atoms with E-state index in [0.29, 0.717) is 12.8 Å². The maximum Gasteiger partial charge on any atom is 0.231 e. The maximum atomic E-state index is 5.38. The van der Waals surface area contributed by atoms with Crippen molar-refractivity contribution in [1.82, 2.24) is 5.32 Å². The molecular formula is C12H16N2O2. The Morgan fingerprint density at radius 1 is 1.31 bits per heavy atom. The van der Waals surface area contributed by atoms with Crippen molar-refractivity contribution < 1.29 is 9.47 Å². The molecular weight excluding hydrogens is 204 g/mol. The molecule has 1 fully saturated rings. The molecule has 1 saturated heterocycles. The van der Waals surface area contributed by atoms with Crippen LogP contribution in [-0.4, -0.2) is 25.9 Å². The van der Waals surface area contributed by atoms with Gasteiger partial charge in [-0.3, -0.25) is 0 Å². The Hall–Kier alpha value is -1.42. The van der Waals surface area contributed by atoms with Crippen LogP contribution in [0.1, 0.15) is 12.0 Å². The fourth-order valence-corrected chi connectivity index (χ4v) is 2.20. The first-order valence-corrected chi connectivity index (χ1v) is 5.70. The Bertz CT molecular complexity index is 400. The summed E-state index contributed by atoms with van der Waals surface area (Å²) in [7, 11) is 0. The molecule has 0 aliphatic carbocycles. The largest absolute Gasteiger partial charge is 0.454 e. The normalized spacial score (nSPS) is 22.4. The molecule has 16 heavy (non-hydrogen) atoms. The lowest BCUT2D eigenvalue weighted by Gasteiger charge is -2.15. The highest BCUT2D eigenvalue weighted by atomic mass is 16.7. The third kappa shape index (κ3) is 1.69. The topological polar surface area (TPSA) is 42.5 Å². The van der Waals surface area contributed by atoms with Crippen LogP contribution in [0.25, 0.3) is 0 Å². The van der Waals surface area contributed by atoms with Gasteiger partial charge in [0.2, 0.25) is 6.79 Å². The second-order valence-electron chi connectivity index (χ2n) is 4.35. The van der Waals surface area contributed by atoms with Crippen LogP contribution in [0.15, 0.2) is 12.1 Å². The summed E-state index contributed by atoms with van der Waals surface area (Å²) in [5, 5.41) is 6.89. The van der Waals surface area contributed by atoms with Gasteiger partial charge in [0.15, 0.2) is 11.5 Å². The molecule has 0 bridgehead atoms. The van der Waals surface area contributed by atoms with E-state index in [1.54, 1.807) is 0 Å². The van der Waals surface area contributed by atoms with Crippen molar-refractivity contribution in [3.05, 3.63) is 17.7 Å². The van der Waals surface area contributed by atoms with Crippen molar-refractivity contribution >= 4 is 5.69 Å². The first-order valence-electron chi connectivity index (χ1n) is 5.70. The predicted molar refractivity (Wildman–Crippen MR) is 62.2 cm³/mol. The number of nitrogens with one attached hydrogen (secondary N) is 2. The van der Waals surface area contributed by atoms with Gasteiger partial charge in [-0.1, -0.05) is 0 Å². The third-order valence-electron chi connectivity index (χ3n) is 3.14. The molecule has 1 unspecified atom stereocenters. The van der Waals surface area contributed by atoms with Crippen molar-refractivity contribution in [2.75, 3.05) is 25.2 Å². The van der Waals surface area contributed by atoms with E-state index in [1.165, 1.54) is 12.0 Å². The Balaban J connectivity index is 1.83. The predicted octanol–water partition coefficient (Wildman–Crippen LogP) is 1.50. The number of rotatable bonds is 2. The number of aryl methyl sites for hydroxylation is 1. The summed E-state index contributed by atoms with van der Waals surface area (Å²) in [6.45, 7) is 4.56. The van der Waals surface area contributed by atoms with Gasteiger partial charge in [-0.15, -0.1) is 0 Å². The van der Waals surface area contributed by atoms with Crippen molar-refractivity contribution in [3.63, 3.8) is 0 Å². The average Bonchev–Trinajstić information content (AvgIpc) is 2.89. The second-order valence-corrected chi connectivity index (χ2v) is 4.35. The van der Waals surface area contributed by atoms with Gasteiger partial charge in [-0.25, -0.2) is 0 Å². The molecule has 1 aromatic carbocycles. The fraction of sp³-hybridized carbons (Fsp3) is 0.500. The molecule has 0 radical (unpaired) electrons. The molecule has 0 amide bonds. The molecule has 4 nitrogen and oxygen atoms in total. The van der Waals surface area contributed by atoms with Gasteiger partial charge in [-0.2, -0.15) is 0 Å². The SMILES string of the molecule is Cc1cc2c(cc1NC1CCNC1)OCO2. The van der Waals surface area contributed by atoms with E-state index >= 15 is 0 Å². The number of anilines is 1. The summed E-state index contributed by atoms with van der Waals surface area (Å²) in [4.78, 5) is 0. The summed E-state index contributed by atoms with van der Waals surface area (Å²) in [5.41, 5.74) is 2.36. The standard InChI is InChI=1S/C12H16N2O2/c1-8-4-11-12(16-7-15-11)5-10(8)14-9-2-3-13-6-9/h4-5,9,13-14H,2-3,6-7H2,1H3. The van der Waals surface area contributed by atoms with Crippen molar-refractivity contribution in [3.8, 4) is 11.5 Å². The van der Waals surface area contributed by atoms with Crippen LogP contribution in [0.5, 0.6) is 11.5 Å². The van der Waals surface area contributed by atoms with Gasteiger partial charge in [0.1, 0.15) is 0 Å². The van der Waals surface area contributed by atoms with Crippen molar-refractivity contribution in [2.24, 2.45) is 0 Å². The molecule has 3 rings (SSSR count). The smallest absolute Gasteiger partial charge is 0.231 e. The van der Waals surface area contributed by atoms with Gasteiger partial charge < -0.3 is 20.1 Å². The van der Waals surface area contributed by atoms with Crippen LogP contribution in [0.4, 0.5) is 5.69 Å². The number of hydrogen-bond acceptors (Lipinski definition) is 4. The molecule has 2 aliphatic rings. The Kier molecular flexibility index (Phi) is 2.36. The molecule has 1 atom stereocenters. The summed E-state index contributed by atoms with van der Waals surface area (Å²) in [5.74, 6) is 1.70. The highest BCUT2D eigenvalue weighted by Gasteiger charge is 2.19. The van der Waals surface area contributed by atoms with E-state index in [-0.39, 0.29) is 0 Å². The zero-order valence-corrected chi connectivity index (χ0v) is 9.38. The zero-order valence-electron chi connectivity index (χ0n) is 9.38. The quantitative estimate of drug-likeness (QED) is 0.792. The minimum atomic E-state index is 0.337. The molecule has 0 aromatic heterocycles. The lowest BCUT2D eigenvalue weighted by Crippen LogP contribution is -2.22. The van der Waals surface area contributed by atoms with E-state index in [1.807, 2.05) is 12.1 Å². The van der Waals surface area contributed by atoms with E-state index in [9.17, 15) is 0 Å². The van der Waals surface area contributed by atoms with Crippen molar-refractivity contribution in [1.29, 1.82) is 0 Å². The summed E-state index contributed by atoms with van der Waals surface area (Å²) in [6.07, 6.45) is 1.17. The van der Waals surface area contributed by atoms with Crippen LogP contribution < -0.4 is 20.1 Å². The minimum Gasteiger partial charge on any atom is -0.454 e. The molecule has 4 heteroatoms. The number of fused-ring (bicyclic) bond motifs is 1. The highest BCUT2D eigenvalue weighted by Crippen LogP contribution is 2.37. The van der Waals surface area contributed by atoms with E-state index < -0.39 is 0 Å². The number of ether oxygens (including phenoxy) is 2. The van der Waals surface area contributed by atoms with Crippen LogP contribution in [0, 0.1) is 6.92 Å². The van der Waals surface area contributed by atoms with Gasteiger partial charge in [-0.05, 0) is 31.5 Å². The molecule has 86 valence electrons. The Morgan fingerprint density at radius 2 is 2.12 bits per heavy atom. The lowest BCUT2D eigenvalue weighted by atomic mass is 10.1. The maximum absolute atomic E-state index is 5.38. The first-order chi connectivity index (χ1) is 7.83. The van der Waals surface area contributed by atoms with Gasteiger partial charge in [0, 0.05) is 24.3 Å². The van der Waals surface area contributed by atoms with Gasteiger partial charge in [0.25, 0.3) is 0 Å². The fourth-order valence-electron chi connectivity index (χ4n) is 2.20. The molecule has 0 spiro atoms. The highest BCUT2D eigenvalue weighted by molar-refractivity contribution is 5.61. The van der Waals surface area contributed by atoms with E-state index in [2.05, 4.69) is 17.6 Å². The Labute approximate surface area is 94.9 Å². The van der Waals surface area contributed by atoms with Crippen LogP contribution >= 0.6 is 0 Å². The number of hydrogen-bond donors (Lipinski definition) is 2. The van der Waals surface area contributed by atoms with Crippen molar-refractivity contribution in [2.45, 2.75) is 19.4 Å². The molecule has 2 aliphatic heterocycles. The summed E-state index contributed by atoms with van der Waals surface area (Å²) < 4.78 is 10.7. The summed E-state index contributed by atoms with van der Waals surface area (Å²) in [6, 6.07) is 4.60. The summed E-state index contributed by atoms with van der Waals surface area (Å²) >= 11 is 0. The molecule has 2 heterocycles. The van der Waals surface area contributed by atoms with Crippen LogP contribution in [0.2, 0.25) is 0 Å². The second kappa shape index (κ2) is 3.87.